The number of rotatable bonds is 4. The largest absolute Gasteiger partial charge is 0.496 e. The first-order chi connectivity index (χ1) is 6.74. The summed E-state index contributed by atoms with van der Waals surface area (Å²) in [7, 11) is 3.03. The van der Waals surface area contributed by atoms with E-state index in [9.17, 15) is 4.39 Å². The molecule has 0 heterocycles. The SMILES string of the molecule is COc1cccc(OC)c1[C@@H](N)CF.Cl. The predicted octanol–water partition coefficient (Wildman–Crippen LogP) is 2.09. The Morgan fingerprint density at radius 3 is 2.07 bits per heavy atom. The van der Waals surface area contributed by atoms with Crippen molar-refractivity contribution in [2.75, 3.05) is 20.9 Å². The molecular weight excluding hydrogens is 221 g/mol. The summed E-state index contributed by atoms with van der Waals surface area (Å²) in [4.78, 5) is 0. The summed E-state index contributed by atoms with van der Waals surface area (Å²) in [5, 5.41) is 0. The summed E-state index contributed by atoms with van der Waals surface area (Å²) in [6.07, 6.45) is 0. The first-order valence-corrected chi connectivity index (χ1v) is 4.27. The van der Waals surface area contributed by atoms with Gasteiger partial charge in [0.25, 0.3) is 0 Å². The van der Waals surface area contributed by atoms with Crippen LogP contribution in [0.15, 0.2) is 18.2 Å². The zero-order valence-electron chi connectivity index (χ0n) is 8.70. The van der Waals surface area contributed by atoms with E-state index in [1.54, 1.807) is 18.2 Å². The van der Waals surface area contributed by atoms with E-state index in [0.717, 1.165) is 0 Å². The molecule has 1 aromatic carbocycles. The van der Waals surface area contributed by atoms with Gasteiger partial charge in [-0.3, -0.25) is 0 Å². The van der Waals surface area contributed by atoms with E-state index < -0.39 is 12.7 Å². The second-order valence-corrected chi connectivity index (χ2v) is 2.84. The van der Waals surface area contributed by atoms with Crippen LogP contribution in [0.4, 0.5) is 4.39 Å². The molecule has 0 aromatic heterocycles. The first kappa shape index (κ1) is 14.0. The molecule has 0 fully saturated rings. The summed E-state index contributed by atoms with van der Waals surface area (Å²) >= 11 is 0. The number of nitrogens with two attached hydrogens (primary N) is 1. The van der Waals surface area contributed by atoms with Crippen LogP contribution in [0.3, 0.4) is 0 Å². The molecule has 1 atom stereocenters. The van der Waals surface area contributed by atoms with Crippen molar-refractivity contribution in [1.82, 2.24) is 0 Å². The van der Waals surface area contributed by atoms with Crippen molar-refractivity contribution in [3.8, 4) is 11.5 Å². The van der Waals surface area contributed by atoms with Gasteiger partial charge < -0.3 is 15.2 Å². The molecule has 0 saturated carbocycles. The Bertz CT molecular complexity index is 287. The van der Waals surface area contributed by atoms with Crippen LogP contribution < -0.4 is 15.2 Å². The van der Waals surface area contributed by atoms with Crippen LogP contribution in [0.1, 0.15) is 11.6 Å². The van der Waals surface area contributed by atoms with Gasteiger partial charge in [0, 0.05) is 0 Å². The molecule has 0 aliphatic carbocycles. The standard InChI is InChI=1S/C10H14FNO2.ClH/c1-13-8-4-3-5-9(14-2)10(8)7(12)6-11;/h3-5,7H,6,12H2,1-2H3;1H/t7-;/m0./s1. The van der Waals surface area contributed by atoms with Gasteiger partial charge >= 0.3 is 0 Å². The molecule has 0 radical (unpaired) electrons. The Kier molecular flexibility index (Phi) is 6.05. The van der Waals surface area contributed by atoms with E-state index in [4.69, 9.17) is 15.2 Å². The number of ether oxygens (including phenoxy) is 2. The molecule has 0 bridgehead atoms. The summed E-state index contributed by atoms with van der Waals surface area (Å²) in [5.74, 6) is 1.10. The number of hydrogen-bond donors (Lipinski definition) is 1. The molecule has 86 valence electrons. The second kappa shape index (κ2) is 6.48. The van der Waals surface area contributed by atoms with Crippen molar-refractivity contribution in [3.63, 3.8) is 0 Å². The Labute approximate surface area is 94.8 Å². The second-order valence-electron chi connectivity index (χ2n) is 2.84. The normalized spacial score (nSPS) is 11.5. The summed E-state index contributed by atoms with van der Waals surface area (Å²) < 4.78 is 22.6. The predicted molar refractivity (Wildman–Crippen MR) is 59.7 cm³/mol. The number of alkyl halides is 1. The van der Waals surface area contributed by atoms with Crippen molar-refractivity contribution in [2.45, 2.75) is 6.04 Å². The highest BCUT2D eigenvalue weighted by Crippen LogP contribution is 2.32. The highest BCUT2D eigenvalue weighted by molar-refractivity contribution is 5.85. The Morgan fingerprint density at radius 2 is 1.73 bits per heavy atom. The maximum atomic E-state index is 12.5. The molecule has 0 saturated heterocycles. The van der Waals surface area contributed by atoms with Gasteiger partial charge in [0.15, 0.2) is 0 Å². The van der Waals surface area contributed by atoms with E-state index in [1.807, 2.05) is 0 Å². The summed E-state index contributed by atoms with van der Waals surface area (Å²) in [6, 6.07) is 4.52. The van der Waals surface area contributed by atoms with Gasteiger partial charge in [0.1, 0.15) is 18.2 Å². The smallest absolute Gasteiger partial charge is 0.127 e. The zero-order valence-corrected chi connectivity index (χ0v) is 9.51. The average Bonchev–Trinajstić information content (AvgIpc) is 2.26. The van der Waals surface area contributed by atoms with E-state index in [2.05, 4.69) is 0 Å². The molecule has 2 N–H and O–H groups in total. The fourth-order valence-electron chi connectivity index (χ4n) is 1.32. The molecule has 0 aliphatic heterocycles. The zero-order chi connectivity index (χ0) is 10.6. The van der Waals surface area contributed by atoms with Gasteiger partial charge in [0.05, 0.1) is 25.8 Å². The number of hydrogen-bond acceptors (Lipinski definition) is 3. The summed E-state index contributed by atoms with van der Waals surface area (Å²) in [5.41, 5.74) is 6.18. The highest BCUT2D eigenvalue weighted by atomic mass is 35.5. The molecule has 3 nitrogen and oxygen atoms in total. The van der Waals surface area contributed by atoms with Crippen molar-refractivity contribution in [2.24, 2.45) is 5.73 Å². The molecule has 0 aliphatic rings. The Morgan fingerprint density at radius 1 is 1.27 bits per heavy atom. The van der Waals surface area contributed by atoms with Gasteiger partial charge in [-0.25, -0.2) is 4.39 Å². The Hall–Kier alpha value is -1.00. The fraction of sp³-hybridized carbons (Fsp3) is 0.400. The minimum Gasteiger partial charge on any atom is -0.496 e. The fourth-order valence-corrected chi connectivity index (χ4v) is 1.32. The van der Waals surface area contributed by atoms with E-state index in [-0.39, 0.29) is 12.4 Å². The molecule has 0 spiro atoms. The summed E-state index contributed by atoms with van der Waals surface area (Å²) in [6.45, 7) is -0.642. The first-order valence-electron chi connectivity index (χ1n) is 4.27. The van der Waals surface area contributed by atoms with Gasteiger partial charge in [-0.05, 0) is 12.1 Å². The third kappa shape index (κ3) is 2.97. The van der Waals surface area contributed by atoms with Gasteiger partial charge in [-0.1, -0.05) is 6.07 Å². The maximum Gasteiger partial charge on any atom is 0.127 e. The van der Waals surface area contributed by atoms with Crippen LogP contribution in [0.5, 0.6) is 11.5 Å². The topological polar surface area (TPSA) is 44.5 Å². The molecule has 15 heavy (non-hydrogen) atoms. The molecule has 0 unspecified atom stereocenters. The van der Waals surface area contributed by atoms with E-state index >= 15 is 0 Å². The third-order valence-corrected chi connectivity index (χ3v) is 2.00. The maximum absolute atomic E-state index is 12.5. The van der Waals surface area contributed by atoms with Crippen molar-refractivity contribution in [3.05, 3.63) is 23.8 Å². The minimum atomic E-state index is -0.707. The van der Waals surface area contributed by atoms with Gasteiger partial charge in [-0.15, -0.1) is 12.4 Å². The van der Waals surface area contributed by atoms with Gasteiger partial charge in [-0.2, -0.15) is 0 Å². The number of benzene rings is 1. The van der Waals surface area contributed by atoms with Crippen molar-refractivity contribution >= 4 is 12.4 Å². The number of methoxy groups -OCH3 is 2. The van der Waals surface area contributed by atoms with Crippen LogP contribution in [0.25, 0.3) is 0 Å². The van der Waals surface area contributed by atoms with Crippen LogP contribution >= 0.6 is 12.4 Å². The van der Waals surface area contributed by atoms with Crippen LogP contribution in [-0.4, -0.2) is 20.9 Å². The van der Waals surface area contributed by atoms with Crippen molar-refractivity contribution < 1.29 is 13.9 Å². The molecule has 1 rings (SSSR count). The lowest BCUT2D eigenvalue weighted by Crippen LogP contribution is -2.14. The third-order valence-electron chi connectivity index (χ3n) is 2.00. The molecule has 0 amide bonds. The number of halogens is 2. The van der Waals surface area contributed by atoms with Crippen LogP contribution in [0.2, 0.25) is 0 Å². The quantitative estimate of drug-likeness (QED) is 0.869. The minimum absolute atomic E-state index is 0. The average molecular weight is 236 g/mol. The van der Waals surface area contributed by atoms with Gasteiger partial charge in [0.2, 0.25) is 0 Å². The van der Waals surface area contributed by atoms with Crippen LogP contribution in [-0.2, 0) is 0 Å². The highest BCUT2D eigenvalue weighted by Gasteiger charge is 2.16. The van der Waals surface area contributed by atoms with E-state index in [1.165, 1.54) is 14.2 Å². The van der Waals surface area contributed by atoms with Crippen LogP contribution in [0, 0.1) is 0 Å². The lowest BCUT2D eigenvalue weighted by Gasteiger charge is -2.16. The Balaban J connectivity index is 0.00000196. The van der Waals surface area contributed by atoms with E-state index in [0.29, 0.717) is 17.1 Å². The van der Waals surface area contributed by atoms with Crippen molar-refractivity contribution in [1.29, 1.82) is 0 Å². The lowest BCUT2D eigenvalue weighted by molar-refractivity contribution is 0.362. The lowest BCUT2D eigenvalue weighted by atomic mass is 10.1. The molecule has 5 heteroatoms. The molecule has 1 aromatic rings. The molecular formula is C10H15ClFNO2. The monoisotopic (exact) mass is 235 g/mol.